The Bertz CT molecular complexity index is 833. The van der Waals surface area contributed by atoms with Gasteiger partial charge in [0.05, 0.1) is 16.5 Å². The third-order valence-corrected chi connectivity index (χ3v) is 4.03. The smallest absolute Gasteiger partial charge is 0.170 e. The average Bonchev–Trinajstić information content (AvgIpc) is 3.27. The number of H-pyrrole nitrogens is 1. The molecule has 1 N–H and O–H groups in total. The molecule has 0 aromatic carbocycles. The Kier molecular flexibility index (Phi) is 2.90. The van der Waals surface area contributed by atoms with E-state index in [1.54, 1.807) is 24.7 Å². The van der Waals surface area contributed by atoms with Crippen molar-refractivity contribution < 1.29 is 4.42 Å². The van der Waals surface area contributed by atoms with E-state index in [-0.39, 0.29) is 0 Å². The first-order chi connectivity index (χ1) is 10.4. The first kappa shape index (κ1) is 12.1. The fourth-order valence-electron chi connectivity index (χ4n) is 2.22. The van der Waals surface area contributed by atoms with Gasteiger partial charge < -0.3 is 9.40 Å². The van der Waals surface area contributed by atoms with Crippen molar-refractivity contribution in [2.24, 2.45) is 0 Å². The van der Waals surface area contributed by atoms with Gasteiger partial charge in [0.2, 0.25) is 0 Å². The molecule has 101 valence electrons. The lowest BCUT2D eigenvalue weighted by Crippen LogP contribution is -1.87. The summed E-state index contributed by atoms with van der Waals surface area (Å²) in [4.78, 5) is 12.9. The van der Waals surface area contributed by atoms with Crippen LogP contribution in [0.4, 0.5) is 0 Å². The first-order valence-electron chi connectivity index (χ1n) is 6.43. The predicted molar refractivity (Wildman–Crippen MR) is 81.7 cm³/mol. The fraction of sp³-hybridized carbons (Fsp3) is 0. The van der Waals surface area contributed by atoms with E-state index in [0.717, 1.165) is 27.5 Å². The highest BCUT2D eigenvalue weighted by Crippen LogP contribution is 2.42. The molecular weight excluding hydrogens is 282 g/mol. The normalized spacial score (nSPS) is 10.9. The number of aromatic amines is 1. The quantitative estimate of drug-likeness (QED) is 0.614. The van der Waals surface area contributed by atoms with Gasteiger partial charge in [0, 0.05) is 35.4 Å². The lowest BCUT2D eigenvalue weighted by Gasteiger charge is -2.03. The molecule has 4 heterocycles. The van der Waals surface area contributed by atoms with Crippen LogP contribution in [-0.4, -0.2) is 15.0 Å². The Morgan fingerprint density at radius 3 is 2.71 bits per heavy atom. The summed E-state index contributed by atoms with van der Waals surface area (Å²) in [7, 11) is 0. The Morgan fingerprint density at radius 2 is 2.00 bits per heavy atom. The zero-order valence-electron chi connectivity index (χ0n) is 10.9. The Hall–Kier alpha value is -2.66. The third-order valence-electron chi connectivity index (χ3n) is 3.14. The molecule has 5 heteroatoms. The zero-order chi connectivity index (χ0) is 14.1. The Morgan fingerprint density at radius 1 is 1.10 bits per heavy atom. The maximum atomic E-state index is 5.60. The van der Waals surface area contributed by atoms with E-state index >= 15 is 0 Å². The van der Waals surface area contributed by atoms with Crippen LogP contribution in [0.25, 0.3) is 33.3 Å². The predicted octanol–water partition coefficient (Wildman–Crippen LogP) is 4.26. The standard InChI is InChI=1S/C16H10N3OS/c1-4-12(17-6-1)11-10-21-15(16-18-7-3-8-19-16)14(11)13-5-2-9-20-13/h1-9,17H. The molecule has 0 unspecified atom stereocenters. The number of aromatic nitrogens is 3. The van der Waals surface area contributed by atoms with E-state index < -0.39 is 0 Å². The average molecular weight is 292 g/mol. The van der Waals surface area contributed by atoms with Gasteiger partial charge >= 0.3 is 0 Å². The molecule has 0 aliphatic carbocycles. The van der Waals surface area contributed by atoms with Gasteiger partial charge in [-0.05, 0) is 30.3 Å². The number of hydrogen-bond acceptors (Lipinski definition) is 4. The van der Waals surface area contributed by atoms with E-state index in [2.05, 4.69) is 20.3 Å². The van der Waals surface area contributed by atoms with Crippen molar-refractivity contribution in [2.45, 2.75) is 0 Å². The Balaban J connectivity index is 1.97. The van der Waals surface area contributed by atoms with Gasteiger partial charge in [0.15, 0.2) is 5.82 Å². The monoisotopic (exact) mass is 292 g/mol. The molecular formula is C16H10N3OS. The summed E-state index contributed by atoms with van der Waals surface area (Å²) in [5.74, 6) is 1.47. The van der Waals surface area contributed by atoms with Gasteiger partial charge in [0.25, 0.3) is 0 Å². The largest absolute Gasteiger partial charge is 0.464 e. The summed E-state index contributed by atoms with van der Waals surface area (Å²) in [6, 6.07) is 9.60. The van der Waals surface area contributed by atoms with Crippen molar-refractivity contribution in [1.82, 2.24) is 15.0 Å². The minimum absolute atomic E-state index is 0.683. The highest BCUT2D eigenvalue weighted by atomic mass is 32.1. The van der Waals surface area contributed by atoms with E-state index in [4.69, 9.17) is 4.42 Å². The van der Waals surface area contributed by atoms with Gasteiger partial charge in [-0.3, -0.25) is 0 Å². The summed E-state index contributed by atoms with van der Waals surface area (Å²) in [5.41, 5.74) is 2.95. The van der Waals surface area contributed by atoms with Crippen LogP contribution in [0.3, 0.4) is 0 Å². The second kappa shape index (κ2) is 5.03. The van der Waals surface area contributed by atoms with Crippen molar-refractivity contribution in [3.63, 3.8) is 0 Å². The van der Waals surface area contributed by atoms with Crippen molar-refractivity contribution in [3.8, 4) is 33.3 Å². The van der Waals surface area contributed by atoms with Crippen LogP contribution in [0.2, 0.25) is 0 Å². The summed E-state index contributed by atoms with van der Waals surface area (Å²) in [6.07, 6.45) is 7.04. The van der Waals surface area contributed by atoms with Crippen LogP contribution < -0.4 is 0 Å². The molecule has 4 aromatic rings. The van der Waals surface area contributed by atoms with Crippen LogP contribution in [0.15, 0.2) is 59.6 Å². The minimum atomic E-state index is 0.683. The van der Waals surface area contributed by atoms with Crippen molar-refractivity contribution >= 4 is 11.3 Å². The summed E-state index contributed by atoms with van der Waals surface area (Å²) < 4.78 is 5.60. The van der Waals surface area contributed by atoms with E-state index in [1.807, 2.05) is 30.5 Å². The summed E-state index contributed by atoms with van der Waals surface area (Å²) in [6.45, 7) is 0. The molecule has 0 bridgehead atoms. The van der Waals surface area contributed by atoms with Crippen LogP contribution in [-0.2, 0) is 0 Å². The number of nitrogens with zero attached hydrogens (tertiary/aromatic N) is 2. The molecule has 4 aromatic heterocycles. The number of rotatable bonds is 3. The van der Waals surface area contributed by atoms with Gasteiger partial charge in [0.1, 0.15) is 5.76 Å². The molecule has 1 radical (unpaired) electrons. The van der Waals surface area contributed by atoms with Gasteiger partial charge in [-0.1, -0.05) is 0 Å². The molecule has 0 aliphatic heterocycles. The highest BCUT2D eigenvalue weighted by Gasteiger charge is 2.20. The van der Waals surface area contributed by atoms with Gasteiger partial charge in [-0.25, -0.2) is 9.97 Å². The van der Waals surface area contributed by atoms with Crippen molar-refractivity contribution in [3.05, 3.63) is 60.6 Å². The molecule has 4 nitrogen and oxygen atoms in total. The molecule has 0 spiro atoms. The first-order valence-corrected chi connectivity index (χ1v) is 7.24. The molecule has 0 saturated carbocycles. The van der Waals surface area contributed by atoms with Crippen molar-refractivity contribution in [2.75, 3.05) is 0 Å². The zero-order valence-corrected chi connectivity index (χ0v) is 11.7. The van der Waals surface area contributed by atoms with Crippen LogP contribution in [0.5, 0.6) is 0 Å². The van der Waals surface area contributed by atoms with Gasteiger partial charge in [-0.2, -0.15) is 0 Å². The molecule has 0 fully saturated rings. The number of nitrogens with one attached hydrogen (secondary N) is 1. The lowest BCUT2D eigenvalue weighted by molar-refractivity contribution is 0.583. The number of hydrogen-bond donors (Lipinski definition) is 1. The third kappa shape index (κ3) is 2.08. The minimum Gasteiger partial charge on any atom is -0.464 e. The van der Waals surface area contributed by atoms with E-state index in [0.29, 0.717) is 5.82 Å². The molecule has 4 rings (SSSR count). The maximum Gasteiger partial charge on any atom is 0.170 e. The van der Waals surface area contributed by atoms with Gasteiger partial charge in [-0.15, -0.1) is 11.3 Å². The van der Waals surface area contributed by atoms with E-state index in [1.165, 1.54) is 11.3 Å². The SMILES string of the molecule is [c]1sc(-c2ncccn2)c(-c2ccco2)c1-c1ccc[nH]1. The van der Waals surface area contributed by atoms with Crippen LogP contribution >= 0.6 is 11.3 Å². The second-order valence-electron chi connectivity index (χ2n) is 4.42. The second-order valence-corrected chi connectivity index (χ2v) is 5.23. The van der Waals surface area contributed by atoms with Crippen LogP contribution in [0.1, 0.15) is 0 Å². The van der Waals surface area contributed by atoms with E-state index in [9.17, 15) is 0 Å². The highest BCUT2D eigenvalue weighted by molar-refractivity contribution is 7.14. The molecule has 0 aliphatic rings. The topological polar surface area (TPSA) is 54.7 Å². The molecule has 0 amide bonds. The molecule has 21 heavy (non-hydrogen) atoms. The Labute approximate surface area is 125 Å². The molecule has 0 saturated heterocycles. The summed E-state index contributed by atoms with van der Waals surface area (Å²) in [5, 5.41) is 3.33. The van der Waals surface area contributed by atoms with Crippen molar-refractivity contribution in [1.29, 1.82) is 0 Å². The lowest BCUT2D eigenvalue weighted by atomic mass is 10.1. The number of thiophene rings is 1. The fourth-order valence-corrected chi connectivity index (χ4v) is 3.14. The maximum absolute atomic E-state index is 5.60. The summed E-state index contributed by atoms with van der Waals surface area (Å²) >= 11 is 1.50. The molecule has 0 atom stereocenters. The van der Waals surface area contributed by atoms with Crippen LogP contribution in [0, 0.1) is 5.38 Å². The number of furan rings is 1.